The molecule has 1 saturated heterocycles. The standard InChI is InChI=1S/C8H16BrNS/c9-3-1-4-10-5-2-7-11-8-6-10/h1-8H2. The molecule has 0 aromatic carbocycles. The lowest BCUT2D eigenvalue weighted by atomic mass is 10.3. The van der Waals surface area contributed by atoms with Crippen molar-refractivity contribution in [1.82, 2.24) is 4.90 Å². The molecule has 3 heteroatoms. The van der Waals surface area contributed by atoms with Gasteiger partial charge in [-0.05, 0) is 31.7 Å². The fraction of sp³-hybridized carbons (Fsp3) is 1.00. The molecule has 0 radical (unpaired) electrons. The normalized spacial score (nSPS) is 21.5. The van der Waals surface area contributed by atoms with Crippen molar-refractivity contribution in [3.8, 4) is 0 Å². The van der Waals surface area contributed by atoms with Crippen molar-refractivity contribution in [2.24, 2.45) is 0 Å². The number of nitrogens with zero attached hydrogens (tertiary/aromatic N) is 1. The average Bonchev–Trinajstić information content (AvgIpc) is 2.28. The van der Waals surface area contributed by atoms with Gasteiger partial charge < -0.3 is 4.90 Å². The van der Waals surface area contributed by atoms with Crippen molar-refractivity contribution in [3.63, 3.8) is 0 Å². The zero-order valence-electron chi connectivity index (χ0n) is 6.89. The van der Waals surface area contributed by atoms with Crippen molar-refractivity contribution in [2.75, 3.05) is 36.5 Å². The molecule has 1 aliphatic rings. The van der Waals surface area contributed by atoms with Crippen LogP contribution >= 0.6 is 27.7 Å². The van der Waals surface area contributed by atoms with Crippen LogP contribution < -0.4 is 0 Å². The van der Waals surface area contributed by atoms with E-state index in [0.29, 0.717) is 0 Å². The lowest BCUT2D eigenvalue weighted by Gasteiger charge is -2.18. The maximum Gasteiger partial charge on any atom is 0.00723 e. The second kappa shape index (κ2) is 6.32. The molecule has 0 aliphatic carbocycles. The molecule has 1 rings (SSSR count). The first-order valence-corrected chi connectivity index (χ1v) is 6.57. The quantitative estimate of drug-likeness (QED) is 0.693. The summed E-state index contributed by atoms with van der Waals surface area (Å²) in [5.41, 5.74) is 0. The Morgan fingerprint density at radius 2 is 2.18 bits per heavy atom. The molecule has 11 heavy (non-hydrogen) atoms. The third-order valence-corrected chi connectivity index (χ3v) is 3.53. The SMILES string of the molecule is BrCCCN1CCCSCC1. The van der Waals surface area contributed by atoms with E-state index >= 15 is 0 Å². The third-order valence-electron chi connectivity index (χ3n) is 1.92. The lowest BCUT2D eigenvalue weighted by Crippen LogP contribution is -2.27. The number of hydrogen-bond acceptors (Lipinski definition) is 2. The molecule has 0 amide bonds. The van der Waals surface area contributed by atoms with Crippen LogP contribution in [0.1, 0.15) is 12.8 Å². The summed E-state index contributed by atoms with van der Waals surface area (Å²) in [4.78, 5) is 2.58. The highest BCUT2D eigenvalue weighted by Gasteiger charge is 2.07. The van der Waals surface area contributed by atoms with E-state index in [0.717, 1.165) is 5.33 Å². The summed E-state index contributed by atoms with van der Waals surface area (Å²) in [6.45, 7) is 3.91. The Bertz CT molecular complexity index is 92.1. The van der Waals surface area contributed by atoms with Gasteiger partial charge in [0.25, 0.3) is 0 Å². The topological polar surface area (TPSA) is 3.24 Å². The third kappa shape index (κ3) is 4.38. The average molecular weight is 238 g/mol. The first kappa shape index (κ1) is 9.87. The van der Waals surface area contributed by atoms with Crippen LogP contribution in [-0.2, 0) is 0 Å². The van der Waals surface area contributed by atoms with Crippen molar-refractivity contribution >= 4 is 27.7 Å². The van der Waals surface area contributed by atoms with E-state index in [9.17, 15) is 0 Å². The van der Waals surface area contributed by atoms with Crippen LogP contribution in [0.25, 0.3) is 0 Å². The van der Waals surface area contributed by atoms with E-state index in [-0.39, 0.29) is 0 Å². The summed E-state index contributed by atoms with van der Waals surface area (Å²) in [7, 11) is 0. The fourth-order valence-electron chi connectivity index (χ4n) is 1.30. The highest BCUT2D eigenvalue weighted by Crippen LogP contribution is 2.10. The number of rotatable bonds is 3. The van der Waals surface area contributed by atoms with Crippen LogP contribution in [0.3, 0.4) is 0 Å². The van der Waals surface area contributed by atoms with Crippen LogP contribution in [0, 0.1) is 0 Å². The Kier molecular flexibility index (Phi) is 5.68. The van der Waals surface area contributed by atoms with Gasteiger partial charge in [0.05, 0.1) is 0 Å². The highest BCUT2D eigenvalue weighted by molar-refractivity contribution is 9.09. The van der Waals surface area contributed by atoms with E-state index < -0.39 is 0 Å². The van der Waals surface area contributed by atoms with Gasteiger partial charge in [-0.3, -0.25) is 0 Å². The van der Waals surface area contributed by atoms with E-state index in [4.69, 9.17) is 0 Å². The van der Waals surface area contributed by atoms with Gasteiger partial charge in [-0.25, -0.2) is 0 Å². The minimum absolute atomic E-state index is 1.15. The molecule has 0 unspecified atom stereocenters. The Morgan fingerprint density at radius 3 is 3.00 bits per heavy atom. The molecule has 0 atom stereocenters. The largest absolute Gasteiger partial charge is 0.302 e. The van der Waals surface area contributed by atoms with Crippen LogP contribution in [0.2, 0.25) is 0 Å². The molecule has 0 bridgehead atoms. The van der Waals surface area contributed by atoms with Gasteiger partial charge in [0.15, 0.2) is 0 Å². The first-order valence-electron chi connectivity index (χ1n) is 4.29. The van der Waals surface area contributed by atoms with E-state index in [1.54, 1.807) is 0 Å². The van der Waals surface area contributed by atoms with E-state index in [1.807, 2.05) is 0 Å². The minimum Gasteiger partial charge on any atom is -0.302 e. The van der Waals surface area contributed by atoms with Crippen molar-refractivity contribution in [2.45, 2.75) is 12.8 Å². The number of halogens is 1. The van der Waals surface area contributed by atoms with Gasteiger partial charge >= 0.3 is 0 Å². The molecule has 1 fully saturated rings. The predicted octanol–water partition coefficient (Wildman–Crippen LogP) is 2.21. The molecule has 66 valence electrons. The molecular formula is C8H16BrNS. The predicted molar refractivity (Wildman–Crippen MR) is 56.8 cm³/mol. The number of alkyl halides is 1. The van der Waals surface area contributed by atoms with Crippen molar-refractivity contribution in [3.05, 3.63) is 0 Å². The second-order valence-electron chi connectivity index (χ2n) is 2.85. The molecule has 0 saturated carbocycles. The summed E-state index contributed by atoms with van der Waals surface area (Å²) in [5, 5.41) is 1.15. The van der Waals surface area contributed by atoms with E-state index in [2.05, 4.69) is 32.6 Å². The summed E-state index contributed by atoms with van der Waals surface area (Å²) in [6.07, 6.45) is 2.68. The summed E-state index contributed by atoms with van der Waals surface area (Å²) >= 11 is 5.56. The van der Waals surface area contributed by atoms with Crippen LogP contribution in [0.4, 0.5) is 0 Å². The smallest absolute Gasteiger partial charge is 0.00723 e. The maximum atomic E-state index is 3.46. The molecule has 0 aromatic heterocycles. The fourth-order valence-corrected chi connectivity index (χ4v) is 2.48. The maximum absolute atomic E-state index is 3.46. The molecule has 0 aromatic rings. The Morgan fingerprint density at radius 1 is 1.27 bits per heavy atom. The van der Waals surface area contributed by atoms with Gasteiger partial charge in [-0.1, -0.05) is 15.9 Å². The molecule has 0 spiro atoms. The molecule has 0 N–H and O–H groups in total. The Labute approximate surface area is 82.0 Å². The van der Waals surface area contributed by atoms with Crippen molar-refractivity contribution < 1.29 is 0 Å². The van der Waals surface area contributed by atoms with Crippen LogP contribution in [0.5, 0.6) is 0 Å². The Balaban J connectivity index is 2.09. The Hall–Kier alpha value is 0.790. The number of hydrogen-bond donors (Lipinski definition) is 0. The lowest BCUT2D eigenvalue weighted by molar-refractivity contribution is 0.297. The van der Waals surface area contributed by atoms with Crippen LogP contribution in [0.15, 0.2) is 0 Å². The van der Waals surface area contributed by atoms with Crippen LogP contribution in [-0.4, -0.2) is 41.4 Å². The zero-order chi connectivity index (χ0) is 7.94. The van der Waals surface area contributed by atoms with Crippen molar-refractivity contribution in [1.29, 1.82) is 0 Å². The van der Waals surface area contributed by atoms with Gasteiger partial charge in [-0.2, -0.15) is 11.8 Å². The van der Waals surface area contributed by atoms with Gasteiger partial charge in [-0.15, -0.1) is 0 Å². The molecule has 1 aliphatic heterocycles. The van der Waals surface area contributed by atoms with Gasteiger partial charge in [0.2, 0.25) is 0 Å². The van der Waals surface area contributed by atoms with Gasteiger partial charge in [0, 0.05) is 17.6 Å². The zero-order valence-corrected chi connectivity index (χ0v) is 9.29. The highest BCUT2D eigenvalue weighted by atomic mass is 79.9. The minimum atomic E-state index is 1.15. The summed E-state index contributed by atoms with van der Waals surface area (Å²) in [5.74, 6) is 2.70. The second-order valence-corrected chi connectivity index (χ2v) is 4.87. The van der Waals surface area contributed by atoms with Gasteiger partial charge in [0.1, 0.15) is 0 Å². The molecular weight excluding hydrogens is 222 g/mol. The monoisotopic (exact) mass is 237 g/mol. The number of thioether (sulfide) groups is 1. The van der Waals surface area contributed by atoms with E-state index in [1.165, 1.54) is 44.0 Å². The summed E-state index contributed by atoms with van der Waals surface area (Å²) < 4.78 is 0. The summed E-state index contributed by atoms with van der Waals surface area (Å²) in [6, 6.07) is 0. The molecule has 1 heterocycles. The molecule has 1 nitrogen and oxygen atoms in total. The first-order chi connectivity index (χ1) is 5.43.